The molecule has 1 aliphatic carbocycles. The molecule has 30 heavy (non-hydrogen) atoms. The lowest BCUT2D eigenvalue weighted by molar-refractivity contribution is -0.119. The molecule has 1 atom stereocenters. The quantitative estimate of drug-likeness (QED) is 0.756. The molecule has 1 unspecified atom stereocenters. The standard InChI is InChI=1S/C26H32N2O2/c1-30-19-22-18-21-7-3-5-9-24(21)28(22)25(29)11-15-27-16-13-26(14-17-27)12-10-20-6-2-4-8-23(20)26/h2-9,22H,10-19H2,1H3. The Morgan fingerprint density at radius 3 is 2.57 bits per heavy atom. The number of fused-ring (bicyclic) bond motifs is 3. The topological polar surface area (TPSA) is 32.8 Å². The van der Waals surface area contributed by atoms with Crippen LogP contribution in [0.15, 0.2) is 48.5 Å². The van der Waals surface area contributed by atoms with E-state index in [1.54, 1.807) is 18.2 Å². The molecule has 0 aromatic heterocycles. The largest absolute Gasteiger partial charge is 0.383 e. The molecule has 2 aromatic rings. The monoisotopic (exact) mass is 404 g/mol. The lowest BCUT2D eigenvalue weighted by Gasteiger charge is -2.40. The molecule has 1 spiro atoms. The normalized spacial score (nSPS) is 22.3. The summed E-state index contributed by atoms with van der Waals surface area (Å²) in [6.45, 7) is 3.64. The van der Waals surface area contributed by atoms with Crippen molar-refractivity contribution in [2.75, 3.05) is 38.3 Å². The molecule has 2 aliphatic heterocycles. The first kappa shape index (κ1) is 19.8. The molecule has 4 heteroatoms. The smallest absolute Gasteiger partial charge is 0.228 e. The van der Waals surface area contributed by atoms with Crippen molar-refractivity contribution < 1.29 is 9.53 Å². The van der Waals surface area contributed by atoms with Gasteiger partial charge in [-0.25, -0.2) is 0 Å². The van der Waals surface area contributed by atoms with Crippen LogP contribution in [-0.2, 0) is 27.8 Å². The molecule has 1 fully saturated rings. The van der Waals surface area contributed by atoms with Crippen LogP contribution in [0, 0.1) is 0 Å². The van der Waals surface area contributed by atoms with E-state index in [1.807, 2.05) is 11.0 Å². The van der Waals surface area contributed by atoms with Crippen LogP contribution in [0.25, 0.3) is 0 Å². The summed E-state index contributed by atoms with van der Waals surface area (Å²) >= 11 is 0. The van der Waals surface area contributed by atoms with Gasteiger partial charge in [0.25, 0.3) is 0 Å². The summed E-state index contributed by atoms with van der Waals surface area (Å²) in [4.78, 5) is 17.7. The van der Waals surface area contributed by atoms with Crippen molar-refractivity contribution in [3.63, 3.8) is 0 Å². The van der Waals surface area contributed by atoms with Crippen LogP contribution < -0.4 is 4.90 Å². The van der Waals surface area contributed by atoms with E-state index >= 15 is 0 Å². The number of aryl methyl sites for hydroxylation is 1. The number of piperidine rings is 1. The molecule has 0 N–H and O–H groups in total. The number of methoxy groups -OCH3 is 1. The maximum atomic E-state index is 13.2. The average Bonchev–Trinajstić information content (AvgIpc) is 3.32. The van der Waals surface area contributed by atoms with Gasteiger partial charge in [0.05, 0.1) is 12.6 Å². The molecule has 4 nitrogen and oxygen atoms in total. The second-order valence-electron chi connectivity index (χ2n) is 9.23. The van der Waals surface area contributed by atoms with Crippen molar-refractivity contribution in [3.8, 4) is 0 Å². The Labute approximate surface area is 179 Å². The van der Waals surface area contributed by atoms with E-state index in [0.29, 0.717) is 18.4 Å². The molecular formula is C26H32N2O2. The summed E-state index contributed by atoms with van der Waals surface area (Å²) < 4.78 is 5.41. The number of rotatable bonds is 5. The predicted molar refractivity (Wildman–Crippen MR) is 120 cm³/mol. The molecule has 5 rings (SSSR count). The number of amides is 1. The first-order valence-electron chi connectivity index (χ1n) is 11.4. The number of carbonyl (C=O) groups excluding carboxylic acids is 1. The third-order valence-corrected chi connectivity index (χ3v) is 7.62. The van der Waals surface area contributed by atoms with E-state index in [-0.39, 0.29) is 11.9 Å². The molecule has 1 saturated heterocycles. The minimum absolute atomic E-state index is 0.125. The molecule has 2 heterocycles. The molecule has 158 valence electrons. The van der Waals surface area contributed by atoms with Crippen molar-refractivity contribution in [2.24, 2.45) is 0 Å². The Balaban J connectivity index is 1.20. The van der Waals surface area contributed by atoms with E-state index in [0.717, 1.165) is 31.7 Å². The van der Waals surface area contributed by atoms with Crippen LogP contribution >= 0.6 is 0 Å². The molecule has 0 radical (unpaired) electrons. The Kier molecular flexibility index (Phi) is 5.38. The SMILES string of the molecule is COCC1Cc2ccccc2N1C(=O)CCN1CCC2(CCc3ccccc32)CC1. The lowest BCUT2D eigenvalue weighted by atomic mass is 9.74. The van der Waals surface area contributed by atoms with E-state index in [4.69, 9.17) is 4.74 Å². The van der Waals surface area contributed by atoms with Gasteiger partial charge in [-0.05, 0) is 73.4 Å². The van der Waals surface area contributed by atoms with Gasteiger partial charge in [0.2, 0.25) is 5.91 Å². The minimum Gasteiger partial charge on any atom is -0.383 e. The van der Waals surface area contributed by atoms with Crippen LogP contribution in [0.5, 0.6) is 0 Å². The fourth-order valence-corrected chi connectivity index (χ4v) is 5.99. The second-order valence-corrected chi connectivity index (χ2v) is 9.23. The Hall–Kier alpha value is -2.17. The van der Waals surface area contributed by atoms with E-state index in [9.17, 15) is 4.79 Å². The van der Waals surface area contributed by atoms with Gasteiger partial charge in [0.1, 0.15) is 0 Å². The fraction of sp³-hybridized carbons (Fsp3) is 0.500. The Morgan fingerprint density at radius 2 is 1.77 bits per heavy atom. The van der Waals surface area contributed by atoms with Gasteiger partial charge in [0.15, 0.2) is 0 Å². The van der Waals surface area contributed by atoms with Gasteiger partial charge in [0, 0.05) is 25.8 Å². The summed E-state index contributed by atoms with van der Waals surface area (Å²) in [7, 11) is 1.72. The van der Waals surface area contributed by atoms with Crippen molar-refractivity contribution >= 4 is 11.6 Å². The Morgan fingerprint density at radius 1 is 1.03 bits per heavy atom. The number of ether oxygens (including phenoxy) is 1. The maximum Gasteiger partial charge on any atom is 0.228 e. The molecule has 1 amide bonds. The van der Waals surface area contributed by atoms with Crippen LogP contribution in [0.2, 0.25) is 0 Å². The highest BCUT2D eigenvalue weighted by Crippen LogP contribution is 2.46. The number of carbonyl (C=O) groups is 1. The predicted octanol–water partition coefficient (Wildman–Crippen LogP) is 3.96. The van der Waals surface area contributed by atoms with Gasteiger partial charge >= 0.3 is 0 Å². The van der Waals surface area contributed by atoms with Crippen LogP contribution in [-0.4, -0.2) is 50.2 Å². The third-order valence-electron chi connectivity index (χ3n) is 7.62. The molecule has 0 saturated carbocycles. The van der Waals surface area contributed by atoms with Crippen molar-refractivity contribution in [2.45, 2.75) is 50.0 Å². The molecule has 3 aliphatic rings. The number of benzene rings is 2. The summed E-state index contributed by atoms with van der Waals surface area (Å²) in [5, 5.41) is 0. The van der Waals surface area contributed by atoms with Gasteiger partial charge in [-0.15, -0.1) is 0 Å². The van der Waals surface area contributed by atoms with Crippen molar-refractivity contribution in [3.05, 3.63) is 65.2 Å². The number of anilines is 1. The zero-order chi connectivity index (χ0) is 20.6. The summed E-state index contributed by atoms with van der Waals surface area (Å²) in [5.74, 6) is 0.230. The minimum atomic E-state index is 0.125. The van der Waals surface area contributed by atoms with Crippen LogP contribution in [0.1, 0.15) is 42.4 Å². The number of hydrogen-bond donors (Lipinski definition) is 0. The van der Waals surface area contributed by atoms with Crippen LogP contribution in [0.3, 0.4) is 0 Å². The van der Waals surface area contributed by atoms with Crippen molar-refractivity contribution in [1.29, 1.82) is 0 Å². The lowest BCUT2D eigenvalue weighted by Crippen LogP contribution is -2.45. The fourth-order valence-electron chi connectivity index (χ4n) is 5.99. The highest BCUT2D eigenvalue weighted by atomic mass is 16.5. The van der Waals surface area contributed by atoms with E-state index < -0.39 is 0 Å². The number of para-hydroxylation sites is 1. The zero-order valence-corrected chi connectivity index (χ0v) is 18.0. The second kappa shape index (κ2) is 8.16. The first-order valence-corrected chi connectivity index (χ1v) is 11.4. The molecular weight excluding hydrogens is 372 g/mol. The summed E-state index contributed by atoms with van der Waals surface area (Å²) in [6.07, 6.45) is 6.43. The zero-order valence-electron chi connectivity index (χ0n) is 18.0. The van der Waals surface area contributed by atoms with Gasteiger partial charge in [-0.2, -0.15) is 0 Å². The van der Waals surface area contributed by atoms with Gasteiger partial charge in [-0.3, -0.25) is 4.79 Å². The highest BCUT2D eigenvalue weighted by Gasteiger charge is 2.41. The van der Waals surface area contributed by atoms with Gasteiger partial charge < -0.3 is 14.5 Å². The summed E-state index contributed by atoms with van der Waals surface area (Å²) in [6, 6.07) is 17.4. The summed E-state index contributed by atoms with van der Waals surface area (Å²) in [5.41, 5.74) is 5.86. The van der Waals surface area contributed by atoms with Gasteiger partial charge in [-0.1, -0.05) is 42.5 Å². The molecule has 0 bridgehead atoms. The Bertz CT molecular complexity index is 917. The molecule has 2 aromatic carbocycles. The maximum absolute atomic E-state index is 13.2. The van der Waals surface area contributed by atoms with Crippen LogP contribution in [0.4, 0.5) is 5.69 Å². The van der Waals surface area contributed by atoms with Crippen molar-refractivity contribution in [1.82, 2.24) is 4.90 Å². The number of nitrogens with zero attached hydrogens (tertiary/aromatic N) is 2. The van der Waals surface area contributed by atoms with E-state index in [1.165, 1.54) is 31.2 Å². The van der Waals surface area contributed by atoms with E-state index in [2.05, 4.69) is 47.4 Å². The third kappa shape index (κ3) is 3.46. The number of likely N-dealkylation sites (tertiary alicyclic amines) is 1. The number of hydrogen-bond acceptors (Lipinski definition) is 3. The highest BCUT2D eigenvalue weighted by molar-refractivity contribution is 5.96. The first-order chi connectivity index (χ1) is 14.7. The average molecular weight is 405 g/mol.